The standard InChI is InChI=1S/C40H58O12/c1-19-11-24-7-8-28-20(2)12-26(45-28)9-10-40-17-32-35(51-40)27-13-22-5-6-25(47-34(22)39(52-40)36(27)49-32)15-33(43)50-38-31(16-29(46-24)21(19)3)48-30(37(38)44-4)14-23(42)18-41/h19,22-32,34-39,41-42H,2-3,5-18H2,1,4H3/t19-,22-,23+,24+,25-,26+,27+,28+,29-,30-,31?,32+,34+,35+,36-,37+,38+,39+,40+/m1/s1. The Morgan fingerprint density at radius 1 is 0.827 bits per heavy atom. The summed E-state index contributed by atoms with van der Waals surface area (Å²) in [5.74, 6) is -0.279. The predicted molar refractivity (Wildman–Crippen MR) is 184 cm³/mol. The molecule has 1 spiro atoms. The van der Waals surface area contributed by atoms with E-state index in [1.807, 2.05) is 0 Å². The fourth-order valence-corrected chi connectivity index (χ4v) is 11.4. The molecule has 0 aromatic rings. The molecule has 9 heterocycles. The van der Waals surface area contributed by atoms with E-state index in [9.17, 15) is 15.0 Å². The van der Waals surface area contributed by atoms with Crippen molar-refractivity contribution in [1.82, 2.24) is 0 Å². The van der Waals surface area contributed by atoms with Crippen molar-refractivity contribution in [2.24, 2.45) is 17.8 Å². The second kappa shape index (κ2) is 14.2. The number of carbonyl (C=O) groups excluding carboxylic acids is 1. The number of fused-ring (bicyclic) bond motifs is 6. The molecule has 290 valence electrons. The third-order valence-corrected chi connectivity index (χ3v) is 14.1. The zero-order chi connectivity index (χ0) is 35.9. The molecule has 1 saturated carbocycles. The maximum atomic E-state index is 13.8. The van der Waals surface area contributed by atoms with E-state index in [2.05, 4.69) is 20.1 Å². The third kappa shape index (κ3) is 6.54. The van der Waals surface area contributed by atoms with Crippen LogP contribution in [0.5, 0.6) is 0 Å². The van der Waals surface area contributed by atoms with Crippen molar-refractivity contribution in [3.8, 4) is 0 Å². The van der Waals surface area contributed by atoms with Gasteiger partial charge in [0, 0.05) is 38.7 Å². The molecule has 1 unspecified atom stereocenters. The second-order valence-electron chi connectivity index (χ2n) is 17.4. The monoisotopic (exact) mass is 730 g/mol. The summed E-state index contributed by atoms with van der Waals surface area (Å²) >= 11 is 0. The summed E-state index contributed by atoms with van der Waals surface area (Å²) in [7, 11) is 1.56. The van der Waals surface area contributed by atoms with Crippen LogP contribution in [0.15, 0.2) is 24.3 Å². The Kier molecular flexibility index (Phi) is 9.92. The van der Waals surface area contributed by atoms with E-state index in [1.165, 1.54) is 0 Å². The lowest BCUT2D eigenvalue weighted by Crippen LogP contribution is -2.56. The zero-order valence-corrected chi connectivity index (χ0v) is 30.7. The molecule has 19 atom stereocenters. The van der Waals surface area contributed by atoms with Gasteiger partial charge in [-0.25, -0.2) is 0 Å². The molecule has 10 rings (SSSR count). The number of hydrogen-bond donors (Lipinski definition) is 2. The third-order valence-electron chi connectivity index (χ3n) is 14.1. The van der Waals surface area contributed by atoms with Crippen molar-refractivity contribution < 1.29 is 57.6 Å². The van der Waals surface area contributed by atoms with Crippen LogP contribution in [0.1, 0.15) is 90.4 Å². The largest absolute Gasteiger partial charge is 0.457 e. The first-order chi connectivity index (χ1) is 25.1. The molecular formula is C40H58O12. The minimum absolute atomic E-state index is 0.000362. The Morgan fingerprint density at radius 2 is 1.62 bits per heavy atom. The maximum absolute atomic E-state index is 13.8. The topological polar surface area (TPSA) is 141 Å². The molecule has 12 nitrogen and oxygen atoms in total. The van der Waals surface area contributed by atoms with Crippen LogP contribution in [0.25, 0.3) is 0 Å². The Bertz CT molecular complexity index is 1370. The summed E-state index contributed by atoms with van der Waals surface area (Å²) in [6.45, 7) is 10.6. The lowest BCUT2D eigenvalue weighted by Gasteiger charge is -2.47. The van der Waals surface area contributed by atoms with E-state index in [1.54, 1.807) is 7.11 Å². The minimum Gasteiger partial charge on any atom is -0.457 e. The molecule has 10 fully saturated rings. The molecule has 12 heteroatoms. The van der Waals surface area contributed by atoms with Crippen LogP contribution in [0.4, 0.5) is 0 Å². The number of methoxy groups -OCH3 is 1. The van der Waals surface area contributed by atoms with Crippen molar-refractivity contribution >= 4 is 5.97 Å². The molecule has 0 amide bonds. The maximum Gasteiger partial charge on any atom is 0.308 e. The summed E-state index contributed by atoms with van der Waals surface area (Å²) in [4.78, 5) is 13.8. The highest BCUT2D eigenvalue weighted by Crippen LogP contribution is 2.58. The number of carbonyl (C=O) groups is 1. The number of aliphatic hydroxyl groups is 2. The van der Waals surface area contributed by atoms with Crippen molar-refractivity contribution in [1.29, 1.82) is 0 Å². The van der Waals surface area contributed by atoms with Gasteiger partial charge in [-0.2, -0.15) is 0 Å². The van der Waals surface area contributed by atoms with Crippen LogP contribution in [0.2, 0.25) is 0 Å². The van der Waals surface area contributed by atoms with Gasteiger partial charge in [0.1, 0.15) is 18.3 Å². The molecule has 1 aliphatic carbocycles. The molecule has 0 radical (unpaired) electrons. The highest BCUT2D eigenvalue weighted by molar-refractivity contribution is 5.70. The lowest BCUT2D eigenvalue weighted by molar-refractivity contribution is -0.281. The van der Waals surface area contributed by atoms with Gasteiger partial charge in [0.25, 0.3) is 0 Å². The molecule has 9 aliphatic heterocycles. The van der Waals surface area contributed by atoms with Crippen molar-refractivity contribution in [2.75, 3.05) is 13.7 Å². The SMILES string of the molecule is C=C1C[C@@H]2CC[C@@]34C[C@@H]5O[C@@H]6[C@@H](C[C@H]7CC[C@H](CC(=O)O[C@H]8C(C[C@H]9O[C@@H](CC[C@@H]1O2)C[C@@H](C)C9=C)O[C@H](C[C@H](O)CO)[C@@H]8OC)O[C@@H]7[C@@H]6O3)[C@@H]5O4. The van der Waals surface area contributed by atoms with Gasteiger partial charge in [-0.3, -0.25) is 4.79 Å². The highest BCUT2D eigenvalue weighted by Gasteiger charge is 2.67. The van der Waals surface area contributed by atoms with E-state index in [4.69, 9.17) is 42.6 Å². The van der Waals surface area contributed by atoms with E-state index < -0.39 is 42.9 Å². The Labute approximate surface area is 306 Å². The van der Waals surface area contributed by atoms with Crippen LogP contribution < -0.4 is 0 Å². The zero-order valence-electron chi connectivity index (χ0n) is 30.7. The number of rotatable bonds is 4. The fraction of sp³-hybridized carbons (Fsp3) is 0.875. The van der Waals surface area contributed by atoms with Crippen molar-refractivity contribution in [2.45, 2.75) is 188 Å². The molecule has 2 N–H and O–H groups in total. The first-order valence-corrected chi connectivity index (χ1v) is 20.1. The van der Waals surface area contributed by atoms with Crippen molar-refractivity contribution in [3.05, 3.63) is 24.3 Å². The molecule has 10 aliphatic rings. The van der Waals surface area contributed by atoms with E-state index >= 15 is 0 Å². The quantitative estimate of drug-likeness (QED) is 0.322. The minimum atomic E-state index is -0.995. The Morgan fingerprint density at radius 3 is 2.44 bits per heavy atom. The normalized spacial score (nSPS) is 52.2. The first-order valence-electron chi connectivity index (χ1n) is 20.1. The Balaban J connectivity index is 0.994. The van der Waals surface area contributed by atoms with Gasteiger partial charge >= 0.3 is 5.97 Å². The number of ether oxygens (including phenoxy) is 9. The van der Waals surface area contributed by atoms with Gasteiger partial charge < -0.3 is 52.8 Å². The van der Waals surface area contributed by atoms with Crippen LogP contribution in [-0.2, 0) is 47.4 Å². The lowest BCUT2D eigenvalue weighted by atomic mass is 9.70. The summed E-state index contributed by atoms with van der Waals surface area (Å²) in [6, 6.07) is 0. The highest BCUT2D eigenvalue weighted by atomic mass is 16.8. The van der Waals surface area contributed by atoms with Crippen molar-refractivity contribution in [3.63, 3.8) is 0 Å². The van der Waals surface area contributed by atoms with E-state index in [0.717, 1.165) is 75.4 Å². The van der Waals surface area contributed by atoms with Crippen LogP contribution in [0.3, 0.4) is 0 Å². The van der Waals surface area contributed by atoms with Crippen LogP contribution in [-0.4, -0.2) is 127 Å². The summed E-state index contributed by atoms with van der Waals surface area (Å²) in [5.41, 5.74) is 2.13. The first kappa shape index (κ1) is 36.2. The second-order valence-corrected chi connectivity index (χ2v) is 17.4. The van der Waals surface area contributed by atoms with Gasteiger partial charge in [-0.1, -0.05) is 20.1 Å². The molecule has 12 bridgehead atoms. The summed E-state index contributed by atoms with van der Waals surface area (Å²) in [5, 5.41) is 20.0. The summed E-state index contributed by atoms with van der Waals surface area (Å²) < 4.78 is 59.5. The molecule has 9 saturated heterocycles. The molecule has 0 aromatic heterocycles. The molecule has 0 aromatic carbocycles. The fourth-order valence-electron chi connectivity index (χ4n) is 11.4. The van der Waals surface area contributed by atoms with E-state index in [0.29, 0.717) is 12.3 Å². The Hall–Kier alpha value is -1.45. The van der Waals surface area contributed by atoms with Crippen LogP contribution in [0, 0.1) is 17.8 Å². The van der Waals surface area contributed by atoms with E-state index in [-0.39, 0.29) is 91.7 Å². The molecular weight excluding hydrogens is 672 g/mol. The number of aliphatic hydroxyl groups excluding tert-OH is 2. The van der Waals surface area contributed by atoms with Gasteiger partial charge in [0.05, 0.1) is 80.2 Å². The van der Waals surface area contributed by atoms with Gasteiger partial charge in [-0.15, -0.1) is 0 Å². The smallest absolute Gasteiger partial charge is 0.308 e. The van der Waals surface area contributed by atoms with Gasteiger partial charge in [0.2, 0.25) is 0 Å². The average molecular weight is 731 g/mol. The molecule has 52 heavy (non-hydrogen) atoms. The summed E-state index contributed by atoms with van der Waals surface area (Å²) in [6.07, 6.45) is 4.36. The van der Waals surface area contributed by atoms with Gasteiger partial charge in [-0.05, 0) is 74.3 Å². The number of hydrogen-bond acceptors (Lipinski definition) is 12. The number of esters is 1. The van der Waals surface area contributed by atoms with Crippen LogP contribution >= 0.6 is 0 Å². The van der Waals surface area contributed by atoms with Gasteiger partial charge in [0.15, 0.2) is 11.9 Å². The predicted octanol–water partition coefficient (Wildman–Crippen LogP) is 3.68. The average Bonchev–Trinajstić information content (AvgIpc) is 3.79.